The van der Waals surface area contributed by atoms with Crippen molar-refractivity contribution in [1.82, 2.24) is 5.20 Å². The maximum absolute atomic E-state index is 13.4. The summed E-state index contributed by atoms with van der Waals surface area (Å²) in [6.45, 7) is 3.85. The van der Waals surface area contributed by atoms with Crippen molar-refractivity contribution < 1.29 is 18.3 Å². The number of hydrogen-bond donors (Lipinski definition) is 1. The van der Waals surface area contributed by atoms with Crippen LogP contribution >= 0.6 is 23.7 Å². The van der Waals surface area contributed by atoms with E-state index < -0.39 is 7.75 Å². The Morgan fingerprint density at radius 3 is 2.03 bits per heavy atom. The molecule has 0 heterocycles. The van der Waals surface area contributed by atoms with Crippen LogP contribution in [0.15, 0.2) is 76.3 Å². The molecule has 0 aliphatic rings. The summed E-state index contributed by atoms with van der Waals surface area (Å²) in [7, 11) is -2.26. The van der Waals surface area contributed by atoms with E-state index in [1.807, 2.05) is 50.2 Å². The van der Waals surface area contributed by atoms with E-state index in [-0.39, 0.29) is 0 Å². The normalized spacial score (nSPS) is 11.3. The second-order valence-electron chi connectivity index (χ2n) is 6.57. The predicted molar refractivity (Wildman–Crippen MR) is 123 cm³/mol. The van der Waals surface area contributed by atoms with E-state index in [2.05, 4.69) is 26.2 Å². The third-order valence-corrected chi connectivity index (χ3v) is 5.88. The summed E-state index contributed by atoms with van der Waals surface area (Å²) < 4.78 is 30.8. The fourth-order valence-corrected chi connectivity index (χ4v) is 4.28. The summed E-state index contributed by atoms with van der Waals surface area (Å²) in [6.07, 6.45) is 1.52. The van der Waals surface area contributed by atoms with Crippen molar-refractivity contribution in [2.75, 3.05) is 7.11 Å². The van der Waals surface area contributed by atoms with Crippen LogP contribution in [-0.4, -0.2) is 13.3 Å². The third-order valence-electron chi connectivity index (χ3n) is 4.00. The Hall–Kier alpha value is -2.76. The zero-order valence-electron chi connectivity index (χ0n) is 16.8. The maximum atomic E-state index is 13.4. The Balaban J connectivity index is 1.83. The molecule has 0 amide bonds. The van der Waals surface area contributed by atoms with Crippen molar-refractivity contribution in [1.29, 1.82) is 0 Å². The van der Waals surface area contributed by atoms with Gasteiger partial charge in [0.05, 0.1) is 17.8 Å². The minimum atomic E-state index is -3.85. The van der Waals surface area contributed by atoms with Gasteiger partial charge in [0.1, 0.15) is 17.2 Å². The summed E-state index contributed by atoms with van der Waals surface area (Å²) in [6, 6.07) is 19.9. The van der Waals surface area contributed by atoms with Gasteiger partial charge in [-0.1, -0.05) is 24.3 Å². The van der Waals surface area contributed by atoms with Gasteiger partial charge in [-0.2, -0.15) is 10.3 Å². The lowest BCUT2D eigenvalue weighted by molar-refractivity contribution is 0.372. The second-order valence-corrected chi connectivity index (χ2v) is 8.98. The molecule has 3 aromatic rings. The Kier molecular flexibility index (Phi) is 7.19. The van der Waals surface area contributed by atoms with Gasteiger partial charge >= 0.3 is 7.75 Å². The summed E-state index contributed by atoms with van der Waals surface area (Å²) in [5, 5.41) is 6.66. The van der Waals surface area contributed by atoms with Crippen molar-refractivity contribution >= 4 is 29.9 Å². The van der Waals surface area contributed by atoms with Crippen LogP contribution in [0.4, 0.5) is 0 Å². The molecule has 30 heavy (non-hydrogen) atoms. The minimum absolute atomic E-state index is 0.417. The zero-order chi connectivity index (χ0) is 21.6. The molecule has 0 aliphatic carbocycles. The highest BCUT2D eigenvalue weighted by molar-refractivity contribution is 9.10. The highest BCUT2D eigenvalue weighted by Gasteiger charge is 2.28. The Morgan fingerprint density at radius 1 is 0.933 bits per heavy atom. The van der Waals surface area contributed by atoms with Gasteiger partial charge in [-0.05, 0) is 88.9 Å². The first-order chi connectivity index (χ1) is 14.4. The van der Waals surface area contributed by atoms with Crippen LogP contribution in [0, 0.1) is 13.8 Å². The topological polar surface area (TPSA) is 69.2 Å². The third kappa shape index (κ3) is 6.12. The lowest BCUT2D eigenvalue weighted by atomic mass is 10.2. The molecule has 0 aliphatic heterocycles. The lowest BCUT2D eigenvalue weighted by Gasteiger charge is -2.19. The molecule has 0 fully saturated rings. The fourth-order valence-electron chi connectivity index (χ4n) is 2.62. The number of halogens is 1. The van der Waals surface area contributed by atoms with Crippen molar-refractivity contribution in [3.05, 3.63) is 87.9 Å². The maximum Gasteiger partial charge on any atom is 0.557 e. The second kappa shape index (κ2) is 9.83. The number of hydrogen-bond acceptors (Lipinski definition) is 5. The molecule has 0 radical (unpaired) electrons. The smallest absolute Gasteiger partial charge is 0.496 e. The van der Waals surface area contributed by atoms with Gasteiger partial charge in [0.25, 0.3) is 0 Å². The molecule has 0 bridgehead atoms. The summed E-state index contributed by atoms with van der Waals surface area (Å²) in [5.74, 6) is 1.54. The number of rotatable bonds is 8. The largest absolute Gasteiger partial charge is 0.557 e. The summed E-state index contributed by atoms with van der Waals surface area (Å²) >= 11 is 3.43. The first-order valence-corrected chi connectivity index (χ1v) is 11.5. The molecule has 3 aromatic carbocycles. The highest BCUT2D eigenvalue weighted by Crippen LogP contribution is 2.45. The van der Waals surface area contributed by atoms with E-state index in [0.717, 1.165) is 21.2 Å². The van der Waals surface area contributed by atoms with Gasteiger partial charge in [0.15, 0.2) is 0 Å². The van der Waals surface area contributed by atoms with Gasteiger partial charge in [-0.25, -0.2) is 4.57 Å². The van der Waals surface area contributed by atoms with Gasteiger partial charge in [0, 0.05) is 0 Å². The molecule has 6 nitrogen and oxygen atoms in total. The average Bonchev–Trinajstić information content (AvgIpc) is 2.68. The number of aryl methyl sites for hydroxylation is 2. The van der Waals surface area contributed by atoms with Gasteiger partial charge in [-0.3, -0.25) is 0 Å². The first kappa shape index (κ1) is 21.9. The van der Waals surface area contributed by atoms with Crippen molar-refractivity contribution in [2.45, 2.75) is 13.8 Å². The molecule has 0 atom stereocenters. The Labute approximate surface area is 184 Å². The van der Waals surface area contributed by atoms with Crippen LogP contribution in [-0.2, 0) is 4.57 Å². The molecular formula is C22H22BrN2O4P. The molecule has 3 rings (SSSR count). The van der Waals surface area contributed by atoms with Crippen LogP contribution in [0.5, 0.6) is 17.2 Å². The molecule has 0 saturated carbocycles. The average molecular weight is 489 g/mol. The molecule has 8 heteroatoms. The number of methoxy groups -OCH3 is 1. The molecule has 156 valence electrons. The lowest BCUT2D eigenvalue weighted by Crippen LogP contribution is -2.14. The first-order valence-electron chi connectivity index (χ1n) is 9.13. The molecule has 0 spiro atoms. The molecular weight excluding hydrogens is 467 g/mol. The van der Waals surface area contributed by atoms with Crippen LogP contribution in [0.1, 0.15) is 16.7 Å². The monoisotopic (exact) mass is 488 g/mol. The number of benzene rings is 3. The van der Waals surface area contributed by atoms with Crippen molar-refractivity contribution in [3.8, 4) is 17.2 Å². The zero-order valence-corrected chi connectivity index (χ0v) is 19.3. The number of nitrogens with zero attached hydrogens (tertiary/aromatic N) is 1. The van der Waals surface area contributed by atoms with Crippen LogP contribution in [0.3, 0.4) is 0 Å². The van der Waals surface area contributed by atoms with Gasteiger partial charge < -0.3 is 13.8 Å². The molecule has 1 N–H and O–H groups in total. The standard InChI is InChI=1S/C22H22BrN2O4P/c1-16-6-4-8-19(12-16)28-30(26,29-20-9-5-7-17(2)13-20)25-24-15-18-10-11-22(27-3)21(23)14-18/h4-15H,1-3H3,(H,25,26)/b24-15+. The van der Waals surface area contributed by atoms with Gasteiger partial charge in [0.2, 0.25) is 0 Å². The van der Waals surface area contributed by atoms with Gasteiger partial charge in [-0.15, -0.1) is 0 Å². The molecule has 0 aromatic heterocycles. The fraction of sp³-hybridized carbons (Fsp3) is 0.136. The quantitative estimate of drug-likeness (QED) is 0.230. The Morgan fingerprint density at radius 2 is 1.53 bits per heavy atom. The molecule has 0 unspecified atom stereocenters. The summed E-state index contributed by atoms with van der Waals surface area (Å²) in [4.78, 5) is 0. The van der Waals surface area contributed by atoms with E-state index in [1.165, 1.54) is 6.21 Å². The minimum Gasteiger partial charge on any atom is -0.496 e. The van der Waals surface area contributed by atoms with Crippen LogP contribution < -0.4 is 19.0 Å². The number of nitrogens with one attached hydrogen (secondary N) is 1. The van der Waals surface area contributed by atoms with E-state index in [9.17, 15) is 4.57 Å². The van der Waals surface area contributed by atoms with Crippen LogP contribution in [0.25, 0.3) is 0 Å². The molecule has 0 saturated heterocycles. The Bertz CT molecular complexity index is 1050. The van der Waals surface area contributed by atoms with E-state index in [4.69, 9.17) is 13.8 Å². The van der Waals surface area contributed by atoms with Crippen molar-refractivity contribution in [2.24, 2.45) is 5.10 Å². The summed E-state index contributed by atoms with van der Waals surface area (Å²) in [5.41, 5.74) is 2.72. The van der Waals surface area contributed by atoms with E-state index >= 15 is 0 Å². The number of hydrazone groups is 1. The van der Waals surface area contributed by atoms with Crippen molar-refractivity contribution in [3.63, 3.8) is 0 Å². The van der Waals surface area contributed by atoms with Crippen LogP contribution in [0.2, 0.25) is 0 Å². The number of ether oxygens (including phenoxy) is 1. The predicted octanol–water partition coefficient (Wildman–Crippen LogP) is 6.26. The van der Waals surface area contributed by atoms with E-state index in [0.29, 0.717) is 17.2 Å². The SMILES string of the molecule is COc1ccc(/C=N/NP(=O)(Oc2cccc(C)c2)Oc2cccc(C)c2)cc1Br. The van der Waals surface area contributed by atoms with E-state index in [1.54, 1.807) is 37.4 Å². The highest BCUT2D eigenvalue weighted by atomic mass is 79.9.